The molecule has 2 atom stereocenters. The standard InChI is InChI=1S/C26H27F2N5O4/c1-15-9-21-25(31-23(15)16-3-2-4-17(10-16)24(27)28)33(19-6-8-32(21)12-19)26(36)30-18-5-7-29-22(11-18)37-14-20(35)13-34/h2-5,7,9-11,19-20,24,34-35H,6,8,12-14H2,1H3,(H,29,30,36)/t19-,20?/m0/s1. The summed E-state index contributed by atoms with van der Waals surface area (Å²) in [5, 5.41) is 21.3. The number of amides is 2. The van der Waals surface area contributed by atoms with Gasteiger partial charge in [-0.3, -0.25) is 4.90 Å². The van der Waals surface area contributed by atoms with Crippen molar-refractivity contribution in [3.05, 3.63) is 59.8 Å². The molecule has 1 unspecified atom stereocenters. The SMILES string of the molecule is Cc1cc2c(nc1-c1cccc(C(F)F)c1)N(C(=O)Nc1ccnc(OCC(O)CO)c1)[C@H]1CCN2C1. The number of nitrogens with one attached hydrogen (secondary N) is 1. The van der Waals surface area contributed by atoms with Gasteiger partial charge >= 0.3 is 6.03 Å². The lowest BCUT2D eigenvalue weighted by Gasteiger charge is -2.36. The van der Waals surface area contributed by atoms with E-state index in [0.717, 1.165) is 24.2 Å². The average Bonchev–Trinajstić information content (AvgIpc) is 3.32. The van der Waals surface area contributed by atoms with Gasteiger partial charge in [0.15, 0.2) is 5.82 Å². The van der Waals surface area contributed by atoms with E-state index in [2.05, 4.69) is 15.2 Å². The maximum absolute atomic E-state index is 13.5. The predicted molar refractivity (Wildman–Crippen MR) is 134 cm³/mol. The zero-order valence-corrected chi connectivity index (χ0v) is 20.1. The predicted octanol–water partition coefficient (Wildman–Crippen LogP) is 3.75. The number of hydrogen-bond donors (Lipinski definition) is 3. The van der Waals surface area contributed by atoms with Gasteiger partial charge in [-0.25, -0.2) is 23.5 Å². The van der Waals surface area contributed by atoms with Crippen molar-refractivity contribution in [3.8, 4) is 17.1 Å². The summed E-state index contributed by atoms with van der Waals surface area (Å²) in [7, 11) is 0. The molecule has 1 fully saturated rings. The molecule has 37 heavy (non-hydrogen) atoms. The van der Waals surface area contributed by atoms with Crippen LogP contribution in [-0.4, -0.2) is 64.7 Å². The lowest BCUT2D eigenvalue weighted by atomic mass is 10.0. The van der Waals surface area contributed by atoms with Crippen LogP contribution >= 0.6 is 0 Å². The Morgan fingerprint density at radius 1 is 1.27 bits per heavy atom. The highest BCUT2D eigenvalue weighted by Gasteiger charge is 2.40. The van der Waals surface area contributed by atoms with Crippen LogP contribution < -0.4 is 19.9 Å². The summed E-state index contributed by atoms with van der Waals surface area (Å²) in [6.45, 7) is 2.76. The minimum atomic E-state index is -2.59. The van der Waals surface area contributed by atoms with Crippen molar-refractivity contribution >= 4 is 23.2 Å². The number of aryl methyl sites for hydroxylation is 1. The first kappa shape index (κ1) is 24.8. The lowest BCUT2D eigenvalue weighted by Crippen LogP contribution is -2.48. The van der Waals surface area contributed by atoms with Crippen molar-refractivity contribution in [2.75, 3.05) is 41.4 Å². The van der Waals surface area contributed by atoms with E-state index >= 15 is 0 Å². The topological polar surface area (TPSA) is 111 Å². The summed E-state index contributed by atoms with van der Waals surface area (Å²) in [6.07, 6.45) is -1.40. The van der Waals surface area contributed by atoms with Crippen molar-refractivity contribution in [1.29, 1.82) is 0 Å². The summed E-state index contributed by atoms with van der Waals surface area (Å²) >= 11 is 0. The molecule has 3 aromatic rings. The van der Waals surface area contributed by atoms with E-state index in [1.165, 1.54) is 24.4 Å². The van der Waals surface area contributed by atoms with Crippen molar-refractivity contribution in [2.24, 2.45) is 0 Å². The number of aliphatic hydroxyl groups excluding tert-OH is 2. The van der Waals surface area contributed by atoms with E-state index in [0.29, 0.717) is 29.3 Å². The molecule has 2 aromatic heterocycles. The molecule has 3 N–H and O–H groups in total. The lowest BCUT2D eigenvalue weighted by molar-refractivity contribution is 0.0521. The van der Waals surface area contributed by atoms with Crippen LogP contribution in [0.5, 0.6) is 5.88 Å². The van der Waals surface area contributed by atoms with Gasteiger partial charge in [-0.05, 0) is 37.1 Å². The van der Waals surface area contributed by atoms with E-state index in [1.807, 2.05) is 13.0 Å². The molecule has 1 saturated heterocycles. The Morgan fingerprint density at radius 2 is 2.11 bits per heavy atom. The Morgan fingerprint density at radius 3 is 2.89 bits per heavy atom. The number of carbonyl (C=O) groups is 1. The van der Waals surface area contributed by atoms with Gasteiger partial charge in [0.2, 0.25) is 5.88 Å². The highest BCUT2D eigenvalue weighted by Crippen LogP contribution is 2.42. The van der Waals surface area contributed by atoms with Crippen LogP contribution in [0.4, 0.5) is 30.8 Å². The summed E-state index contributed by atoms with van der Waals surface area (Å²) in [4.78, 5) is 26.3. The Kier molecular flexibility index (Phi) is 6.90. The van der Waals surface area contributed by atoms with Crippen LogP contribution in [0.25, 0.3) is 11.3 Å². The van der Waals surface area contributed by atoms with Crippen LogP contribution in [0.2, 0.25) is 0 Å². The summed E-state index contributed by atoms with van der Waals surface area (Å²) in [6, 6.07) is 10.7. The number of ether oxygens (including phenoxy) is 1. The Hall–Kier alpha value is -3.83. The molecule has 11 heteroatoms. The Labute approximate surface area is 212 Å². The van der Waals surface area contributed by atoms with E-state index < -0.39 is 19.1 Å². The van der Waals surface area contributed by atoms with E-state index in [9.17, 15) is 18.7 Å². The number of pyridine rings is 2. The number of hydrogen-bond acceptors (Lipinski definition) is 7. The first-order valence-corrected chi connectivity index (χ1v) is 12.0. The third kappa shape index (κ3) is 5.05. The molecule has 0 radical (unpaired) electrons. The van der Waals surface area contributed by atoms with Gasteiger partial charge in [0.05, 0.1) is 24.0 Å². The molecule has 0 spiro atoms. The zero-order chi connectivity index (χ0) is 26.1. The molecular formula is C26H27F2N5O4. The fourth-order valence-electron chi connectivity index (χ4n) is 4.70. The molecule has 2 amide bonds. The average molecular weight is 512 g/mol. The molecule has 1 aromatic carbocycles. The van der Waals surface area contributed by atoms with Crippen molar-refractivity contribution < 1.29 is 28.5 Å². The molecule has 2 aliphatic heterocycles. The van der Waals surface area contributed by atoms with Crippen molar-refractivity contribution in [2.45, 2.75) is 31.9 Å². The number of rotatable bonds is 7. The van der Waals surface area contributed by atoms with E-state index in [-0.39, 0.29) is 30.1 Å². The first-order chi connectivity index (χ1) is 17.8. The highest BCUT2D eigenvalue weighted by molar-refractivity contribution is 6.05. The molecule has 2 aliphatic rings. The Balaban J connectivity index is 1.45. The van der Waals surface area contributed by atoms with Gasteiger partial charge in [0.1, 0.15) is 12.7 Å². The number of halogens is 2. The summed E-state index contributed by atoms with van der Waals surface area (Å²) in [5.41, 5.74) is 3.12. The first-order valence-electron chi connectivity index (χ1n) is 12.0. The maximum atomic E-state index is 13.5. The zero-order valence-electron chi connectivity index (χ0n) is 20.1. The van der Waals surface area contributed by atoms with Gasteiger partial charge in [-0.2, -0.15) is 0 Å². The van der Waals surface area contributed by atoms with Crippen molar-refractivity contribution in [3.63, 3.8) is 0 Å². The maximum Gasteiger partial charge on any atom is 0.327 e. The quantitative estimate of drug-likeness (QED) is 0.443. The third-order valence-electron chi connectivity index (χ3n) is 6.52. The molecule has 194 valence electrons. The summed E-state index contributed by atoms with van der Waals surface area (Å²) < 4.78 is 32.0. The minimum absolute atomic E-state index is 0.0861. The van der Waals surface area contributed by atoms with Crippen LogP contribution in [0.1, 0.15) is 24.0 Å². The molecule has 4 heterocycles. The summed E-state index contributed by atoms with van der Waals surface area (Å²) in [5.74, 6) is 0.664. The van der Waals surface area contributed by atoms with Crippen LogP contribution in [0.15, 0.2) is 48.7 Å². The number of fused-ring (bicyclic) bond motifs is 4. The number of alkyl halides is 2. The van der Waals surface area contributed by atoms with Gasteiger partial charge in [0.25, 0.3) is 6.43 Å². The minimum Gasteiger partial charge on any atom is -0.475 e. The van der Waals surface area contributed by atoms with Crippen LogP contribution in [0.3, 0.4) is 0 Å². The molecule has 0 saturated carbocycles. The third-order valence-corrected chi connectivity index (χ3v) is 6.52. The number of carbonyl (C=O) groups excluding carboxylic acids is 1. The highest BCUT2D eigenvalue weighted by atomic mass is 19.3. The second-order valence-corrected chi connectivity index (χ2v) is 9.14. The molecule has 2 bridgehead atoms. The van der Waals surface area contributed by atoms with Gasteiger partial charge in [0, 0.05) is 42.2 Å². The van der Waals surface area contributed by atoms with E-state index in [1.54, 1.807) is 23.1 Å². The molecule has 0 aliphatic carbocycles. The largest absolute Gasteiger partial charge is 0.475 e. The second-order valence-electron chi connectivity index (χ2n) is 9.14. The number of nitrogens with zero attached hydrogens (tertiary/aromatic N) is 4. The number of urea groups is 1. The fraction of sp³-hybridized carbons (Fsp3) is 0.346. The molecule has 9 nitrogen and oxygen atoms in total. The monoisotopic (exact) mass is 511 g/mol. The number of aliphatic hydroxyl groups is 2. The van der Waals surface area contributed by atoms with Gasteiger partial charge < -0.3 is 25.2 Å². The Bertz CT molecular complexity index is 1310. The van der Waals surface area contributed by atoms with Crippen molar-refractivity contribution in [1.82, 2.24) is 9.97 Å². The number of aromatic nitrogens is 2. The fourth-order valence-corrected chi connectivity index (χ4v) is 4.70. The van der Waals surface area contributed by atoms with E-state index in [4.69, 9.17) is 14.8 Å². The normalized spacial score (nSPS) is 17.1. The number of benzene rings is 1. The van der Waals surface area contributed by atoms with Crippen LogP contribution in [0, 0.1) is 6.92 Å². The van der Waals surface area contributed by atoms with Gasteiger partial charge in [-0.15, -0.1) is 0 Å². The second kappa shape index (κ2) is 10.3. The number of anilines is 3. The molecule has 5 rings (SSSR count). The van der Waals surface area contributed by atoms with Crippen LogP contribution in [-0.2, 0) is 0 Å². The smallest absolute Gasteiger partial charge is 0.327 e. The van der Waals surface area contributed by atoms with Gasteiger partial charge in [-0.1, -0.05) is 18.2 Å². The molecular weight excluding hydrogens is 484 g/mol.